The van der Waals surface area contributed by atoms with Gasteiger partial charge in [-0.2, -0.15) is 0 Å². The lowest BCUT2D eigenvalue weighted by atomic mass is 10.1. The average Bonchev–Trinajstić information content (AvgIpc) is 2.59. The minimum absolute atomic E-state index is 0.244. The minimum atomic E-state index is -0.482. The zero-order chi connectivity index (χ0) is 17.1. The lowest BCUT2D eigenvalue weighted by Gasteiger charge is -2.13. The molecule has 0 aliphatic heterocycles. The zero-order valence-electron chi connectivity index (χ0n) is 13.2. The zero-order valence-corrected chi connectivity index (χ0v) is 13.9. The number of nitrogens with zero attached hydrogens (tertiary/aromatic N) is 1. The Labute approximate surface area is 144 Å². The number of halogens is 1. The first-order chi connectivity index (χ1) is 11.6. The van der Waals surface area contributed by atoms with Crippen molar-refractivity contribution in [3.05, 3.63) is 81.1 Å². The predicted octanol–water partition coefficient (Wildman–Crippen LogP) is 3.88. The highest BCUT2D eigenvalue weighted by atomic mass is 35.5. The Morgan fingerprint density at radius 1 is 1.12 bits per heavy atom. The van der Waals surface area contributed by atoms with Gasteiger partial charge >= 0.3 is 5.97 Å². The molecule has 0 atom stereocenters. The summed E-state index contributed by atoms with van der Waals surface area (Å²) in [5, 5.41) is 1.35. The molecule has 1 aromatic heterocycles. The van der Waals surface area contributed by atoms with Crippen LogP contribution in [0.4, 0.5) is 0 Å². The molecule has 0 amide bonds. The van der Waals surface area contributed by atoms with Crippen LogP contribution in [0.3, 0.4) is 0 Å². The first-order valence-electron chi connectivity index (χ1n) is 7.64. The van der Waals surface area contributed by atoms with Gasteiger partial charge in [-0.05, 0) is 30.7 Å². The quantitative estimate of drug-likeness (QED) is 0.677. The Morgan fingerprint density at radius 2 is 1.83 bits per heavy atom. The van der Waals surface area contributed by atoms with Crippen LogP contribution >= 0.6 is 11.6 Å². The van der Waals surface area contributed by atoms with Gasteiger partial charge in [-0.15, -0.1) is 0 Å². The number of hydrogen-bond donors (Lipinski definition) is 0. The van der Waals surface area contributed by atoms with Crippen LogP contribution in [0.2, 0.25) is 5.02 Å². The first-order valence-corrected chi connectivity index (χ1v) is 8.02. The molecule has 2 aromatic carbocycles. The molecule has 0 spiro atoms. The summed E-state index contributed by atoms with van der Waals surface area (Å²) in [7, 11) is 0. The van der Waals surface area contributed by atoms with Gasteiger partial charge in [0.05, 0.1) is 24.2 Å². The molecule has 0 fully saturated rings. The number of ether oxygens (including phenoxy) is 1. The van der Waals surface area contributed by atoms with Crippen LogP contribution in [0.25, 0.3) is 10.9 Å². The van der Waals surface area contributed by atoms with E-state index in [1.54, 1.807) is 23.6 Å². The minimum Gasteiger partial charge on any atom is -0.462 e. The van der Waals surface area contributed by atoms with Gasteiger partial charge in [0.1, 0.15) is 0 Å². The average molecular weight is 342 g/mol. The van der Waals surface area contributed by atoms with Gasteiger partial charge in [-0.25, -0.2) is 4.79 Å². The smallest absolute Gasteiger partial charge is 0.339 e. The van der Waals surface area contributed by atoms with Crippen LogP contribution < -0.4 is 5.56 Å². The highest BCUT2D eigenvalue weighted by molar-refractivity contribution is 6.30. The lowest BCUT2D eigenvalue weighted by Crippen LogP contribution is -2.23. The third kappa shape index (κ3) is 3.19. The van der Waals surface area contributed by atoms with Crippen LogP contribution in [0, 0.1) is 0 Å². The van der Waals surface area contributed by atoms with Gasteiger partial charge in [0.25, 0.3) is 5.56 Å². The number of aromatic nitrogens is 1. The number of benzene rings is 2. The number of carbonyl (C=O) groups excluding carboxylic acids is 1. The molecule has 5 heteroatoms. The van der Waals surface area contributed by atoms with Crippen molar-refractivity contribution in [2.24, 2.45) is 0 Å². The van der Waals surface area contributed by atoms with E-state index in [2.05, 4.69) is 0 Å². The van der Waals surface area contributed by atoms with Crippen molar-refractivity contribution in [3.63, 3.8) is 0 Å². The van der Waals surface area contributed by atoms with Gasteiger partial charge in [0.2, 0.25) is 0 Å². The molecule has 3 rings (SSSR count). The molecule has 4 nitrogen and oxygen atoms in total. The molecule has 0 radical (unpaired) electrons. The number of pyridine rings is 1. The van der Waals surface area contributed by atoms with E-state index < -0.39 is 5.97 Å². The first kappa shape index (κ1) is 16.3. The summed E-state index contributed by atoms with van der Waals surface area (Å²) >= 11 is 5.91. The molecular formula is C19H16ClNO3. The van der Waals surface area contributed by atoms with E-state index in [1.807, 2.05) is 36.4 Å². The van der Waals surface area contributed by atoms with Crippen molar-refractivity contribution >= 4 is 28.5 Å². The van der Waals surface area contributed by atoms with Gasteiger partial charge in [0, 0.05) is 16.5 Å². The Morgan fingerprint density at radius 3 is 2.54 bits per heavy atom. The van der Waals surface area contributed by atoms with E-state index in [0.717, 1.165) is 5.56 Å². The van der Waals surface area contributed by atoms with E-state index in [4.69, 9.17) is 16.3 Å². The Bertz CT molecular complexity index is 945. The lowest BCUT2D eigenvalue weighted by molar-refractivity contribution is 0.0528. The summed E-state index contributed by atoms with van der Waals surface area (Å²) in [4.78, 5) is 24.7. The van der Waals surface area contributed by atoms with E-state index in [1.165, 1.54) is 6.07 Å². The monoisotopic (exact) mass is 341 g/mol. The van der Waals surface area contributed by atoms with Crippen LogP contribution in [-0.4, -0.2) is 17.1 Å². The second-order valence-corrected chi connectivity index (χ2v) is 5.78. The number of para-hydroxylation sites is 1. The Kier molecular flexibility index (Phi) is 4.67. The van der Waals surface area contributed by atoms with Gasteiger partial charge in [0.15, 0.2) is 0 Å². The van der Waals surface area contributed by atoms with Crippen molar-refractivity contribution in [2.75, 3.05) is 6.61 Å². The number of rotatable bonds is 4. The maximum absolute atomic E-state index is 12.6. The van der Waals surface area contributed by atoms with Crippen LogP contribution in [0.5, 0.6) is 0 Å². The van der Waals surface area contributed by atoms with Crippen molar-refractivity contribution in [1.82, 2.24) is 4.57 Å². The Balaban J connectivity index is 2.14. The van der Waals surface area contributed by atoms with Crippen LogP contribution in [-0.2, 0) is 11.3 Å². The molecule has 0 aliphatic carbocycles. The Hall–Kier alpha value is -2.59. The highest BCUT2D eigenvalue weighted by Crippen LogP contribution is 2.19. The SMILES string of the molecule is CCOC(=O)c1cc(=O)n(Cc2ccc(Cl)cc2)c2ccccc12. The van der Waals surface area contributed by atoms with Crippen LogP contribution in [0.1, 0.15) is 22.8 Å². The fourth-order valence-corrected chi connectivity index (χ4v) is 2.77. The van der Waals surface area contributed by atoms with E-state index in [-0.39, 0.29) is 12.2 Å². The molecule has 0 N–H and O–H groups in total. The fraction of sp³-hybridized carbons (Fsp3) is 0.158. The summed E-state index contributed by atoms with van der Waals surface area (Å²) < 4.78 is 6.70. The van der Waals surface area contributed by atoms with Crippen LogP contribution in [0.15, 0.2) is 59.4 Å². The van der Waals surface area contributed by atoms with Crippen molar-refractivity contribution in [1.29, 1.82) is 0 Å². The molecule has 0 saturated carbocycles. The van der Waals surface area contributed by atoms with Gasteiger partial charge in [-0.1, -0.05) is 41.9 Å². The van der Waals surface area contributed by atoms with E-state index in [9.17, 15) is 9.59 Å². The second-order valence-electron chi connectivity index (χ2n) is 5.35. The summed E-state index contributed by atoms with van der Waals surface area (Å²) in [5.74, 6) is -0.482. The van der Waals surface area contributed by atoms with Gasteiger partial charge < -0.3 is 9.30 Å². The van der Waals surface area contributed by atoms with E-state index >= 15 is 0 Å². The predicted molar refractivity (Wildman–Crippen MR) is 94.7 cm³/mol. The number of carbonyl (C=O) groups is 1. The molecular weight excluding hydrogens is 326 g/mol. The number of fused-ring (bicyclic) bond motifs is 1. The van der Waals surface area contributed by atoms with Crippen molar-refractivity contribution in [2.45, 2.75) is 13.5 Å². The molecule has 24 heavy (non-hydrogen) atoms. The third-order valence-corrected chi connectivity index (χ3v) is 4.02. The largest absolute Gasteiger partial charge is 0.462 e. The topological polar surface area (TPSA) is 48.3 Å². The summed E-state index contributed by atoms with van der Waals surface area (Å²) in [6.45, 7) is 2.41. The van der Waals surface area contributed by atoms with E-state index in [0.29, 0.717) is 28.0 Å². The summed E-state index contributed by atoms with van der Waals surface area (Å²) in [6, 6.07) is 16.0. The van der Waals surface area contributed by atoms with Crippen molar-refractivity contribution < 1.29 is 9.53 Å². The molecule has 0 aliphatic rings. The number of esters is 1. The second kappa shape index (κ2) is 6.89. The van der Waals surface area contributed by atoms with Crippen molar-refractivity contribution in [3.8, 4) is 0 Å². The molecule has 3 aromatic rings. The summed E-state index contributed by atoms with van der Waals surface area (Å²) in [6.07, 6.45) is 0. The highest BCUT2D eigenvalue weighted by Gasteiger charge is 2.15. The normalized spacial score (nSPS) is 10.8. The van der Waals surface area contributed by atoms with Gasteiger partial charge in [-0.3, -0.25) is 4.79 Å². The summed E-state index contributed by atoms with van der Waals surface area (Å²) in [5.41, 5.74) is 1.70. The third-order valence-electron chi connectivity index (χ3n) is 3.77. The maximum Gasteiger partial charge on any atom is 0.339 e. The standard InChI is InChI=1S/C19H16ClNO3/c1-2-24-19(23)16-11-18(22)21(17-6-4-3-5-15(16)17)12-13-7-9-14(20)10-8-13/h3-11H,2,12H2,1H3. The molecule has 0 bridgehead atoms. The maximum atomic E-state index is 12.6. The molecule has 0 unspecified atom stereocenters. The molecule has 1 heterocycles. The molecule has 0 saturated heterocycles. The fourth-order valence-electron chi connectivity index (χ4n) is 2.65. The number of hydrogen-bond acceptors (Lipinski definition) is 3. The molecule has 122 valence electrons.